The van der Waals surface area contributed by atoms with Crippen molar-refractivity contribution < 1.29 is 0 Å². The Bertz CT molecular complexity index is 450. The molecule has 0 spiro atoms. The van der Waals surface area contributed by atoms with E-state index < -0.39 is 0 Å². The molecule has 0 radical (unpaired) electrons. The first-order valence-corrected chi connectivity index (χ1v) is 8.95. The van der Waals surface area contributed by atoms with Crippen LogP contribution in [0.2, 0.25) is 0 Å². The first-order valence-electron chi connectivity index (χ1n) is 8.95. The molecule has 3 nitrogen and oxygen atoms in total. The molecule has 2 N–H and O–H groups in total. The molecule has 0 bridgehead atoms. The Morgan fingerprint density at radius 2 is 1.82 bits per heavy atom. The van der Waals surface area contributed by atoms with Crippen molar-refractivity contribution in [3.05, 3.63) is 29.8 Å². The third-order valence-corrected chi connectivity index (χ3v) is 4.25. The molecule has 1 aliphatic rings. The minimum atomic E-state index is 0.506. The van der Waals surface area contributed by atoms with Crippen molar-refractivity contribution in [3.63, 3.8) is 0 Å². The molecule has 122 valence electrons. The number of nitrogens with one attached hydrogen (secondary N) is 2. The molecule has 1 aromatic rings. The fraction of sp³-hybridized carbons (Fsp3) is 0.632. The van der Waals surface area contributed by atoms with Crippen LogP contribution in [0.4, 0.5) is 5.69 Å². The average molecular weight is 301 g/mol. The zero-order valence-corrected chi connectivity index (χ0v) is 14.2. The highest BCUT2D eigenvalue weighted by Crippen LogP contribution is 2.14. The Morgan fingerprint density at radius 3 is 2.55 bits per heavy atom. The molecule has 3 heteroatoms. The minimum absolute atomic E-state index is 0.506. The van der Waals surface area contributed by atoms with Crippen molar-refractivity contribution in [2.24, 2.45) is 4.99 Å². The maximum Gasteiger partial charge on any atom is 0.196 e. The van der Waals surface area contributed by atoms with Crippen LogP contribution in [0.25, 0.3) is 0 Å². The van der Waals surface area contributed by atoms with Crippen molar-refractivity contribution in [2.45, 2.75) is 71.3 Å². The average Bonchev–Trinajstić information content (AvgIpc) is 2.52. The quantitative estimate of drug-likeness (QED) is 0.680. The summed E-state index contributed by atoms with van der Waals surface area (Å²) in [5.74, 6) is 0.905. The second-order valence-corrected chi connectivity index (χ2v) is 6.40. The fourth-order valence-corrected chi connectivity index (χ4v) is 2.80. The van der Waals surface area contributed by atoms with Gasteiger partial charge in [0.25, 0.3) is 0 Å². The number of unbranched alkanes of at least 4 members (excludes halogenated alkanes) is 5. The topological polar surface area (TPSA) is 36.4 Å². The maximum atomic E-state index is 4.48. The van der Waals surface area contributed by atoms with Crippen LogP contribution in [0, 0.1) is 0 Å². The van der Waals surface area contributed by atoms with Gasteiger partial charge in [0.15, 0.2) is 5.96 Å². The van der Waals surface area contributed by atoms with Gasteiger partial charge in [-0.25, -0.2) is 0 Å². The summed E-state index contributed by atoms with van der Waals surface area (Å²) in [4.78, 5) is 4.48. The van der Waals surface area contributed by atoms with E-state index in [1.807, 2.05) is 0 Å². The molecule has 0 saturated heterocycles. The fourth-order valence-electron chi connectivity index (χ4n) is 2.80. The number of benzene rings is 1. The van der Waals surface area contributed by atoms with E-state index in [9.17, 15) is 0 Å². The van der Waals surface area contributed by atoms with Crippen LogP contribution in [0.1, 0.15) is 64.4 Å². The molecule has 2 rings (SSSR count). The predicted molar refractivity (Wildman–Crippen MR) is 96.7 cm³/mol. The highest BCUT2D eigenvalue weighted by molar-refractivity contribution is 5.94. The largest absolute Gasteiger partial charge is 0.354 e. The van der Waals surface area contributed by atoms with Gasteiger partial charge in [-0.1, -0.05) is 51.2 Å². The molecular formula is C19H31N3. The van der Waals surface area contributed by atoms with Crippen LogP contribution in [0.15, 0.2) is 29.3 Å². The van der Waals surface area contributed by atoms with Gasteiger partial charge in [-0.05, 0) is 43.9 Å². The van der Waals surface area contributed by atoms with Crippen LogP contribution in [0.3, 0.4) is 0 Å². The van der Waals surface area contributed by atoms with E-state index in [0.717, 1.165) is 24.6 Å². The number of anilines is 1. The van der Waals surface area contributed by atoms with Crippen LogP contribution in [-0.4, -0.2) is 18.5 Å². The third kappa shape index (κ3) is 6.08. The first-order chi connectivity index (χ1) is 10.8. The van der Waals surface area contributed by atoms with Crippen molar-refractivity contribution in [3.8, 4) is 0 Å². The molecule has 1 heterocycles. The summed E-state index contributed by atoms with van der Waals surface area (Å²) in [7, 11) is 0. The van der Waals surface area contributed by atoms with Crippen LogP contribution >= 0.6 is 0 Å². The lowest BCUT2D eigenvalue weighted by molar-refractivity contribution is 0.587. The molecule has 0 saturated carbocycles. The summed E-state index contributed by atoms with van der Waals surface area (Å²) in [5.41, 5.74) is 2.56. The molecule has 0 aliphatic carbocycles. The number of aryl methyl sites for hydroxylation is 1. The second-order valence-electron chi connectivity index (χ2n) is 6.40. The molecule has 1 atom stereocenters. The van der Waals surface area contributed by atoms with Gasteiger partial charge in [-0.3, -0.25) is 4.99 Å². The first kappa shape index (κ1) is 16.9. The van der Waals surface area contributed by atoms with Gasteiger partial charge in [0, 0.05) is 18.3 Å². The van der Waals surface area contributed by atoms with Crippen molar-refractivity contribution >= 4 is 11.6 Å². The van der Waals surface area contributed by atoms with Gasteiger partial charge in [0.05, 0.1) is 0 Å². The molecule has 0 amide bonds. The van der Waals surface area contributed by atoms with Crippen LogP contribution < -0.4 is 10.6 Å². The van der Waals surface area contributed by atoms with E-state index in [-0.39, 0.29) is 0 Å². The highest BCUT2D eigenvalue weighted by Gasteiger charge is 2.10. The molecule has 1 aliphatic heterocycles. The van der Waals surface area contributed by atoms with E-state index in [1.165, 1.54) is 50.5 Å². The van der Waals surface area contributed by atoms with E-state index in [2.05, 4.69) is 53.7 Å². The monoisotopic (exact) mass is 301 g/mol. The number of hydrogen-bond acceptors (Lipinski definition) is 3. The summed E-state index contributed by atoms with van der Waals surface area (Å²) in [6.07, 6.45) is 10.5. The third-order valence-electron chi connectivity index (χ3n) is 4.25. The van der Waals surface area contributed by atoms with E-state index >= 15 is 0 Å². The summed E-state index contributed by atoms with van der Waals surface area (Å²) < 4.78 is 0. The summed E-state index contributed by atoms with van der Waals surface area (Å²) in [6, 6.07) is 9.31. The normalized spacial score (nSPS) is 17.7. The molecule has 1 unspecified atom stereocenters. The Kier molecular flexibility index (Phi) is 7.27. The van der Waals surface area contributed by atoms with Crippen LogP contribution in [0.5, 0.6) is 0 Å². The zero-order valence-electron chi connectivity index (χ0n) is 14.2. The van der Waals surface area contributed by atoms with Gasteiger partial charge in [-0.2, -0.15) is 0 Å². The van der Waals surface area contributed by atoms with E-state index in [4.69, 9.17) is 0 Å². The van der Waals surface area contributed by atoms with Gasteiger partial charge < -0.3 is 10.6 Å². The number of rotatable bonds is 8. The lowest BCUT2D eigenvalue weighted by Crippen LogP contribution is -2.41. The predicted octanol–water partition coefficient (Wildman–Crippen LogP) is 4.74. The van der Waals surface area contributed by atoms with Gasteiger partial charge in [0.2, 0.25) is 0 Å². The minimum Gasteiger partial charge on any atom is -0.354 e. The smallest absolute Gasteiger partial charge is 0.196 e. The van der Waals surface area contributed by atoms with Gasteiger partial charge >= 0.3 is 0 Å². The number of aliphatic imine (C=N–C) groups is 1. The zero-order chi connectivity index (χ0) is 15.6. The summed E-state index contributed by atoms with van der Waals surface area (Å²) in [5, 5.41) is 6.74. The summed E-state index contributed by atoms with van der Waals surface area (Å²) in [6.45, 7) is 5.37. The van der Waals surface area contributed by atoms with Crippen molar-refractivity contribution in [1.82, 2.24) is 5.32 Å². The lowest BCUT2D eigenvalue weighted by Gasteiger charge is -2.22. The SMILES string of the molecule is CCCCCCCCc1ccc(NC2=NCCC(C)N2)cc1. The number of nitrogens with zero attached hydrogens (tertiary/aromatic N) is 1. The number of hydrogen-bond donors (Lipinski definition) is 2. The van der Waals surface area contributed by atoms with Crippen molar-refractivity contribution in [2.75, 3.05) is 11.9 Å². The Hall–Kier alpha value is -1.51. The van der Waals surface area contributed by atoms with Crippen LogP contribution in [-0.2, 0) is 6.42 Å². The Labute approximate surface area is 135 Å². The molecule has 0 aromatic heterocycles. The molecule has 1 aromatic carbocycles. The van der Waals surface area contributed by atoms with Gasteiger partial charge in [-0.15, -0.1) is 0 Å². The Balaban J connectivity index is 1.70. The Morgan fingerprint density at radius 1 is 1.09 bits per heavy atom. The van der Waals surface area contributed by atoms with E-state index in [1.54, 1.807) is 0 Å². The highest BCUT2D eigenvalue weighted by atomic mass is 15.2. The van der Waals surface area contributed by atoms with Crippen molar-refractivity contribution in [1.29, 1.82) is 0 Å². The molecule has 0 fully saturated rings. The molecular weight excluding hydrogens is 270 g/mol. The molecule has 22 heavy (non-hydrogen) atoms. The standard InChI is InChI=1S/C19H31N3/c1-3-4-5-6-7-8-9-17-10-12-18(13-11-17)22-19-20-15-14-16(2)21-19/h10-13,16H,3-9,14-15H2,1-2H3,(H2,20,21,22). The van der Waals surface area contributed by atoms with E-state index in [0.29, 0.717) is 6.04 Å². The second kappa shape index (κ2) is 9.50. The van der Waals surface area contributed by atoms with Gasteiger partial charge in [0.1, 0.15) is 0 Å². The summed E-state index contributed by atoms with van der Waals surface area (Å²) >= 11 is 0. The lowest BCUT2D eigenvalue weighted by atomic mass is 10.0. The maximum absolute atomic E-state index is 4.48. The number of guanidine groups is 1.